The van der Waals surface area contributed by atoms with Gasteiger partial charge in [-0.05, 0) is 54.7 Å². The number of carbonyl (C=O) groups is 2. The zero-order valence-corrected chi connectivity index (χ0v) is 17.5. The first-order valence-electron chi connectivity index (χ1n) is 9.88. The molecule has 0 saturated carbocycles. The van der Waals surface area contributed by atoms with Gasteiger partial charge in [-0.2, -0.15) is 0 Å². The van der Waals surface area contributed by atoms with E-state index in [-0.39, 0.29) is 17.9 Å². The van der Waals surface area contributed by atoms with Gasteiger partial charge in [0.05, 0.1) is 6.04 Å². The quantitative estimate of drug-likeness (QED) is 0.725. The van der Waals surface area contributed by atoms with Gasteiger partial charge < -0.3 is 5.32 Å². The molecular formula is C22H23Cl2N3O2. The fourth-order valence-corrected chi connectivity index (χ4v) is 4.47. The third-order valence-corrected chi connectivity index (χ3v) is 6.28. The van der Waals surface area contributed by atoms with Crippen LogP contribution in [0.2, 0.25) is 5.02 Å². The number of nitrogens with one attached hydrogen (secondary N) is 1. The molecule has 7 heteroatoms. The Kier molecular flexibility index (Phi) is 6.09. The molecule has 29 heavy (non-hydrogen) atoms. The number of hydrogen-bond donors (Lipinski definition) is 1. The van der Waals surface area contributed by atoms with Gasteiger partial charge in [0.2, 0.25) is 5.91 Å². The van der Waals surface area contributed by atoms with E-state index in [1.807, 2.05) is 0 Å². The molecule has 2 aromatic carbocycles. The Morgan fingerprint density at radius 1 is 1.14 bits per heavy atom. The number of amides is 2. The maximum atomic E-state index is 12.6. The van der Waals surface area contributed by atoms with Crippen molar-refractivity contribution in [2.75, 3.05) is 18.4 Å². The number of aryl methyl sites for hydroxylation is 1. The summed E-state index contributed by atoms with van der Waals surface area (Å²) in [6.07, 6.45) is 3.00. The second kappa shape index (κ2) is 8.74. The molecule has 0 aliphatic carbocycles. The number of rotatable bonds is 4. The topological polar surface area (TPSA) is 52.7 Å². The third-order valence-electron chi connectivity index (χ3n) is 5.62. The van der Waals surface area contributed by atoms with Crippen molar-refractivity contribution in [2.24, 2.45) is 0 Å². The van der Waals surface area contributed by atoms with Gasteiger partial charge in [0.15, 0.2) is 0 Å². The van der Waals surface area contributed by atoms with E-state index < -0.39 is 0 Å². The van der Waals surface area contributed by atoms with Crippen LogP contribution in [0.3, 0.4) is 0 Å². The molecule has 0 spiro atoms. The van der Waals surface area contributed by atoms with Crippen LogP contribution in [0.1, 0.15) is 40.7 Å². The number of carbonyl (C=O) groups excluding carboxylic acids is 2. The zero-order valence-electron chi connectivity index (χ0n) is 16.0. The van der Waals surface area contributed by atoms with E-state index >= 15 is 0 Å². The lowest BCUT2D eigenvalue weighted by Crippen LogP contribution is -2.43. The minimum atomic E-state index is -0.210. The zero-order chi connectivity index (χ0) is 20.4. The smallest absolute Gasteiger partial charge is 0.268 e. The minimum absolute atomic E-state index is 0.00206. The Labute approximate surface area is 180 Å². The Bertz CT molecular complexity index is 926. The van der Waals surface area contributed by atoms with Crippen molar-refractivity contribution in [3.05, 3.63) is 64.2 Å². The van der Waals surface area contributed by atoms with E-state index in [9.17, 15) is 9.59 Å². The van der Waals surface area contributed by atoms with Crippen LogP contribution in [0.4, 0.5) is 5.69 Å². The molecule has 2 aliphatic heterocycles. The van der Waals surface area contributed by atoms with Gasteiger partial charge in [-0.1, -0.05) is 29.8 Å². The van der Waals surface area contributed by atoms with E-state index in [0.29, 0.717) is 17.0 Å². The molecule has 2 aromatic rings. The molecule has 5 nitrogen and oxygen atoms in total. The molecule has 152 valence electrons. The van der Waals surface area contributed by atoms with Crippen LogP contribution in [0.15, 0.2) is 42.5 Å². The van der Waals surface area contributed by atoms with Gasteiger partial charge in [-0.3, -0.25) is 14.5 Å². The number of benzene rings is 2. The Balaban J connectivity index is 1.33. The fourth-order valence-electron chi connectivity index (χ4n) is 3.99. The molecule has 1 N–H and O–H groups in total. The van der Waals surface area contributed by atoms with Gasteiger partial charge in [0.1, 0.15) is 0 Å². The van der Waals surface area contributed by atoms with E-state index in [2.05, 4.69) is 28.4 Å². The summed E-state index contributed by atoms with van der Waals surface area (Å²) in [5, 5.41) is 3.49. The molecule has 0 radical (unpaired) electrons. The average Bonchev–Trinajstić information content (AvgIpc) is 2.73. The van der Waals surface area contributed by atoms with Crippen molar-refractivity contribution in [1.82, 2.24) is 9.32 Å². The van der Waals surface area contributed by atoms with E-state index in [4.69, 9.17) is 23.4 Å². The van der Waals surface area contributed by atoms with Crippen molar-refractivity contribution in [2.45, 2.75) is 38.3 Å². The molecule has 1 saturated heterocycles. The highest BCUT2D eigenvalue weighted by Gasteiger charge is 2.28. The standard InChI is InChI=1S/C22H23Cl2N3O2/c23-18-3-1-2-17(13-18)22(29)27(24)19-8-10-26(11-9-19)14-15-4-5-16-6-7-21(28)25-20(16)12-15/h1-5,12-13,19H,6-11,14H2,(H,25,28). The summed E-state index contributed by atoms with van der Waals surface area (Å²) in [4.78, 5) is 26.6. The molecule has 1 fully saturated rings. The van der Waals surface area contributed by atoms with E-state index in [1.54, 1.807) is 24.3 Å². The average molecular weight is 432 g/mol. The second-order valence-corrected chi connectivity index (χ2v) is 8.47. The predicted molar refractivity (Wildman–Crippen MR) is 115 cm³/mol. The molecule has 2 aliphatic rings. The highest BCUT2D eigenvalue weighted by atomic mass is 35.5. The van der Waals surface area contributed by atoms with Gasteiger partial charge in [0, 0.05) is 54.1 Å². The first-order valence-corrected chi connectivity index (χ1v) is 10.6. The highest BCUT2D eigenvalue weighted by molar-refractivity contribution is 6.31. The SMILES string of the molecule is O=C1CCc2ccc(CN3CCC(N(Cl)C(=O)c4cccc(Cl)c4)CC3)cc2N1. The number of anilines is 1. The molecule has 0 atom stereocenters. The minimum Gasteiger partial charge on any atom is -0.326 e. The Morgan fingerprint density at radius 2 is 1.93 bits per heavy atom. The number of piperidine rings is 1. The van der Waals surface area contributed by atoms with Gasteiger partial charge in [-0.15, -0.1) is 0 Å². The van der Waals surface area contributed by atoms with Gasteiger partial charge in [0.25, 0.3) is 5.91 Å². The fraction of sp³-hybridized carbons (Fsp3) is 0.364. The summed E-state index contributed by atoms with van der Waals surface area (Å²) in [7, 11) is 0. The lowest BCUT2D eigenvalue weighted by molar-refractivity contribution is -0.116. The molecular weight excluding hydrogens is 409 g/mol. The van der Waals surface area contributed by atoms with Crippen LogP contribution >= 0.6 is 23.4 Å². The number of nitrogens with zero attached hydrogens (tertiary/aromatic N) is 2. The number of halogens is 2. The van der Waals surface area contributed by atoms with Crippen molar-refractivity contribution < 1.29 is 9.59 Å². The normalized spacial score (nSPS) is 17.5. The van der Waals surface area contributed by atoms with E-state index in [0.717, 1.165) is 44.6 Å². The lowest BCUT2D eigenvalue weighted by atomic mass is 9.99. The summed E-state index contributed by atoms with van der Waals surface area (Å²) in [6, 6.07) is 13.2. The Morgan fingerprint density at radius 3 is 2.69 bits per heavy atom. The number of likely N-dealkylation sites (tertiary alicyclic amines) is 1. The van der Waals surface area contributed by atoms with E-state index in [1.165, 1.54) is 15.5 Å². The van der Waals surface area contributed by atoms with Crippen molar-refractivity contribution in [3.63, 3.8) is 0 Å². The number of fused-ring (bicyclic) bond motifs is 1. The first-order chi connectivity index (χ1) is 14.0. The van der Waals surface area contributed by atoms with Crippen LogP contribution < -0.4 is 5.32 Å². The summed E-state index contributed by atoms with van der Waals surface area (Å²) in [5.74, 6) is -0.125. The Hall–Kier alpha value is -2.08. The number of hydrogen-bond acceptors (Lipinski definition) is 3. The summed E-state index contributed by atoms with van der Waals surface area (Å²) < 4.78 is 1.33. The predicted octanol–water partition coefficient (Wildman–Crippen LogP) is 4.49. The van der Waals surface area contributed by atoms with Crippen molar-refractivity contribution in [1.29, 1.82) is 0 Å². The maximum Gasteiger partial charge on any atom is 0.268 e. The lowest BCUT2D eigenvalue weighted by Gasteiger charge is -2.35. The third kappa shape index (κ3) is 4.74. The monoisotopic (exact) mass is 431 g/mol. The molecule has 2 amide bonds. The van der Waals surface area contributed by atoms with Crippen LogP contribution in [0.25, 0.3) is 0 Å². The first kappa shape index (κ1) is 20.2. The summed E-state index contributed by atoms with van der Waals surface area (Å²) in [5.41, 5.74) is 3.82. The second-order valence-electron chi connectivity index (χ2n) is 7.67. The summed E-state index contributed by atoms with van der Waals surface area (Å²) in [6.45, 7) is 2.54. The van der Waals surface area contributed by atoms with Crippen molar-refractivity contribution >= 4 is 40.9 Å². The molecule has 0 bridgehead atoms. The molecule has 0 aromatic heterocycles. The molecule has 4 rings (SSSR count). The molecule has 0 unspecified atom stereocenters. The maximum absolute atomic E-state index is 12.6. The van der Waals surface area contributed by atoms with Gasteiger partial charge >= 0.3 is 0 Å². The van der Waals surface area contributed by atoms with Crippen LogP contribution in [0, 0.1) is 0 Å². The molecule has 2 heterocycles. The highest BCUT2D eigenvalue weighted by Crippen LogP contribution is 2.26. The summed E-state index contributed by atoms with van der Waals surface area (Å²) >= 11 is 12.4. The van der Waals surface area contributed by atoms with Crippen LogP contribution in [-0.4, -0.2) is 40.3 Å². The van der Waals surface area contributed by atoms with Crippen LogP contribution in [0.5, 0.6) is 0 Å². The largest absolute Gasteiger partial charge is 0.326 e. The van der Waals surface area contributed by atoms with Gasteiger partial charge in [-0.25, -0.2) is 4.42 Å². The van der Waals surface area contributed by atoms with Crippen LogP contribution in [-0.2, 0) is 17.8 Å². The van der Waals surface area contributed by atoms with Crippen molar-refractivity contribution in [3.8, 4) is 0 Å².